The Kier molecular flexibility index (Phi) is 3.01. The first-order valence-electron chi connectivity index (χ1n) is 4.59. The minimum absolute atomic E-state index is 0.229. The van der Waals surface area contributed by atoms with Crippen LogP contribution >= 0.6 is 0 Å². The third-order valence-electron chi connectivity index (χ3n) is 2.09. The van der Waals surface area contributed by atoms with Crippen LogP contribution in [-0.2, 0) is 9.47 Å². The fraction of sp³-hybridized carbons (Fsp3) is 0.800. The summed E-state index contributed by atoms with van der Waals surface area (Å²) in [5.41, 5.74) is 0. The van der Waals surface area contributed by atoms with Crippen LogP contribution in [-0.4, -0.2) is 12.7 Å². The first-order valence-corrected chi connectivity index (χ1v) is 4.59. The van der Waals surface area contributed by atoms with E-state index in [-0.39, 0.29) is 6.10 Å². The summed E-state index contributed by atoms with van der Waals surface area (Å²) in [6.07, 6.45) is 1.99. The largest absolute Gasteiger partial charge is 0.491 e. The van der Waals surface area contributed by atoms with Gasteiger partial charge in [0.2, 0.25) is 0 Å². The molecule has 1 atom stereocenters. The maximum atomic E-state index is 5.55. The lowest BCUT2D eigenvalue weighted by Crippen LogP contribution is -2.28. The second-order valence-electron chi connectivity index (χ2n) is 3.90. The predicted molar refractivity (Wildman–Crippen MR) is 48.6 cm³/mol. The molecule has 0 aliphatic carbocycles. The van der Waals surface area contributed by atoms with Crippen LogP contribution in [0.2, 0.25) is 0 Å². The molecule has 0 saturated carbocycles. The second-order valence-corrected chi connectivity index (χ2v) is 3.90. The van der Waals surface area contributed by atoms with Gasteiger partial charge in [-0.05, 0) is 5.92 Å². The van der Waals surface area contributed by atoms with E-state index in [1.54, 1.807) is 6.26 Å². The van der Waals surface area contributed by atoms with Gasteiger partial charge in [0, 0.05) is 5.92 Å². The van der Waals surface area contributed by atoms with Crippen LogP contribution in [0.1, 0.15) is 27.7 Å². The molecule has 1 rings (SSSR count). The second kappa shape index (κ2) is 3.83. The molecular formula is C10H18O2. The highest BCUT2D eigenvalue weighted by Gasteiger charge is 2.20. The maximum Gasteiger partial charge on any atom is 0.134 e. The maximum absolute atomic E-state index is 5.55. The topological polar surface area (TPSA) is 18.5 Å². The molecule has 1 heterocycles. The van der Waals surface area contributed by atoms with Gasteiger partial charge in [0.1, 0.15) is 24.7 Å². The Morgan fingerprint density at radius 2 is 2.00 bits per heavy atom. The number of ether oxygens (including phenoxy) is 2. The summed E-state index contributed by atoms with van der Waals surface area (Å²) < 4.78 is 11.1. The van der Waals surface area contributed by atoms with Crippen molar-refractivity contribution >= 4 is 0 Å². The van der Waals surface area contributed by atoms with Crippen molar-refractivity contribution < 1.29 is 9.47 Å². The molecule has 2 heteroatoms. The van der Waals surface area contributed by atoms with Gasteiger partial charge < -0.3 is 9.47 Å². The van der Waals surface area contributed by atoms with Crippen LogP contribution in [0, 0.1) is 11.8 Å². The number of allylic oxidation sites excluding steroid dienone is 1. The standard InChI is InChI=1S/C10H18O2/c1-7(2)9-5-12-10(6-11-9)8(3)4/h5,7-8,10H,6H2,1-4H3. The summed E-state index contributed by atoms with van der Waals surface area (Å²) in [5.74, 6) is 1.92. The first-order chi connectivity index (χ1) is 5.61. The Labute approximate surface area is 74.6 Å². The minimum Gasteiger partial charge on any atom is -0.491 e. The van der Waals surface area contributed by atoms with E-state index < -0.39 is 0 Å². The highest BCUT2D eigenvalue weighted by atomic mass is 16.6. The third-order valence-corrected chi connectivity index (χ3v) is 2.09. The lowest BCUT2D eigenvalue weighted by molar-refractivity contribution is -0.0162. The SMILES string of the molecule is CC(C)C1=COC(C(C)C)CO1. The zero-order chi connectivity index (χ0) is 9.14. The van der Waals surface area contributed by atoms with Crippen molar-refractivity contribution in [1.29, 1.82) is 0 Å². The number of hydrogen-bond acceptors (Lipinski definition) is 2. The molecule has 2 nitrogen and oxygen atoms in total. The van der Waals surface area contributed by atoms with Crippen LogP contribution in [0.3, 0.4) is 0 Å². The van der Waals surface area contributed by atoms with Crippen LogP contribution in [0.25, 0.3) is 0 Å². The molecule has 0 fully saturated rings. The zero-order valence-corrected chi connectivity index (χ0v) is 8.33. The van der Waals surface area contributed by atoms with E-state index in [0.29, 0.717) is 18.4 Å². The van der Waals surface area contributed by atoms with Crippen molar-refractivity contribution in [2.45, 2.75) is 33.8 Å². The van der Waals surface area contributed by atoms with Gasteiger partial charge >= 0.3 is 0 Å². The van der Waals surface area contributed by atoms with E-state index >= 15 is 0 Å². The van der Waals surface area contributed by atoms with E-state index in [9.17, 15) is 0 Å². The van der Waals surface area contributed by atoms with Crippen LogP contribution in [0.15, 0.2) is 12.0 Å². The monoisotopic (exact) mass is 170 g/mol. The molecule has 0 saturated heterocycles. The molecule has 0 aromatic heterocycles. The predicted octanol–water partition coefficient (Wildman–Crippen LogP) is 2.56. The Hall–Kier alpha value is -0.660. The van der Waals surface area contributed by atoms with Crippen molar-refractivity contribution in [1.82, 2.24) is 0 Å². The normalized spacial score (nSPS) is 23.5. The van der Waals surface area contributed by atoms with E-state index in [0.717, 1.165) is 5.76 Å². The smallest absolute Gasteiger partial charge is 0.134 e. The molecule has 0 aromatic carbocycles. The van der Waals surface area contributed by atoms with E-state index in [2.05, 4.69) is 27.7 Å². The molecule has 1 aliphatic rings. The minimum atomic E-state index is 0.229. The summed E-state index contributed by atoms with van der Waals surface area (Å²) in [6, 6.07) is 0. The Morgan fingerprint density at radius 3 is 2.33 bits per heavy atom. The van der Waals surface area contributed by atoms with Gasteiger partial charge in [-0.15, -0.1) is 0 Å². The molecule has 0 aromatic rings. The average Bonchev–Trinajstić information content (AvgIpc) is 2.04. The summed E-state index contributed by atoms with van der Waals surface area (Å²) in [4.78, 5) is 0. The van der Waals surface area contributed by atoms with Crippen LogP contribution in [0.5, 0.6) is 0 Å². The quantitative estimate of drug-likeness (QED) is 0.634. The highest BCUT2D eigenvalue weighted by molar-refractivity contribution is 4.94. The zero-order valence-electron chi connectivity index (χ0n) is 8.33. The lowest BCUT2D eigenvalue weighted by Gasteiger charge is -2.27. The Morgan fingerprint density at radius 1 is 1.33 bits per heavy atom. The molecule has 0 amide bonds. The number of rotatable bonds is 2. The first kappa shape index (κ1) is 9.43. The van der Waals surface area contributed by atoms with Gasteiger partial charge in [0.25, 0.3) is 0 Å². The van der Waals surface area contributed by atoms with Crippen LogP contribution < -0.4 is 0 Å². The molecule has 70 valence electrons. The summed E-state index contributed by atoms with van der Waals surface area (Å²) in [6.45, 7) is 9.18. The summed E-state index contributed by atoms with van der Waals surface area (Å²) >= 11 is 0. The van der Waals surface area contributed by atoms with E-state index in [1.165, 1.54) is 0 Å². The van der Waals surface area contributed by atoms with Crippen LogP contribution in [0.4, 0.5) is 0 Å². The van der Waals surface area contributed by atoms with Crippen molar-refractivity contribution in [3.05, 3.63) is 12.0 Å². The molecule has 0 bridgehead atoms. The van der Waals surface area contributed by atoms with Gasteiger partial charge in [0.15, 0.2) is 0 Å². The third kappa shape index (κ3) is 2.16. The Bertz CT molecular complexity index is 171. The Balaban J connectivity index is 2.47. The van der Waals surface area contributed by atoms with E-state index in [1.807, 2.05) is 0 Å². The summed E-state index contributed by atoms with van der Waals surface area (Å²) in [5, 5.41) is 0. The lowest BCUT2D eigenvalue weighted by atomic mass is 10.1. The van der Waals surface area contributed by atoms with Gasteiger partial charge in [-0.3, -0.25) is 0 Å². The molecule has 0 N–H and O–H groups in total. The van der Waals surface area contributed by atoms with E-state index in [4.69, 9.17) is 9.47 Å². The molecule has 1 unspecified atom stereocenters. The molecular weight excluding hydrogens is 152 g/mol. The fourth-order valence-electron chi connectivity index (χ4n) is 1.06. The molecule has 12 heavy (non-hydrogen) atoms. The van der Waals surface area contributed by atoms with Crippen molar-refractivity contribution in [3.8, 4) is 0 Å². The average molecular weight is 170 g/mol. The van der Waals surface area contributed by atoms with Gasteiger partial charge in [-0.25, -0.2) is 0 Å². The van der Waals surface area contributed by atoms with Gasteiger partial charge in [-0.1, -0.05) is 27.7 Å². The highest BCUT2D eigenvalue weighted by Crippen LogP contribution is 2.20. The van der Waals surface area contributed by atoms with Crippen molar-refractivity contribution in [3.63, 3.8) is 0 Å². The van der Waals surface area contributed by atoms with Crippen molar-refractivity contribution in [2.75, 3.05) is 6.61 Å². The molecule has 1 aliphatic heterocycles. The summed E-state index contributed by atoms with van der Waals surface area (Å²) in [7, 11) is 0. The molecule has 0 radical (unpaired) electrons. The number of hydrogen-bond donors (Lipinski definition) is 0. The van der Waals surface area contributed by atoms with Gasteiger partial charge in [-0.2, -0.15) is 0 Å². The fourth-order valence-corrected chi connectivity index (χ4v) is 1.06. The van der Waals surface area contributed by atoms with Gasteiger partial charge in [0.05, 0.1) is 0 Å². The molecule has 0 spiro atoms. The van der Waals surface area contributed by atoms with Crippen molar-refractivity contribution in [2.24, 2.45) is 11.8 Å².